The highest BCUT2D eigenvalue weighted by Crippen LogP contribution is 2.24. The van der Waals surface area contributed by atoms with Gasteiger partial charge in [-0.1, -0.05) is 0 Å². The van der Waals surface area contributed by atoms with Gasteiger partial charge in [-0.05, 0) is 19.1 Å². The first-order chi connectivity index (χ1) is 6.81. The van der Waals surface area contributed by atoms with Crippen molar-refractivity contribution >= 4 is 10.9 Å². The molecule has 14 heavy (non-hydrogen) atoms. The van der Waals surface area contributed by atoms with Crippen LogP contribution in [-0.4, -0.2) is 21.7 Å². The maximum absolute atomic E-state index is 9.25. The lowest BCUT2D eigenvalue weighted by atomic mass is 10.2. The molecule has 0 aliphatic heterocycles. The maximum atomic E-state index is 9.25. The Morgan fingerprint density at radius 1 is 1.36 bits per heavy atom. The smallest absolute Gasteiger partial charge is 0.224 e. The molecule has 2 aromatic rings. The van der Waals surface area contributed by atoms with E-state index in [1.165, 1.54) is 6.33 Å². The molecule has 2 rings (SSSR count). The van der Waals surface area contributed by atoms with Gasteiger partial charge < -0.3 is 9.84 Å². The average Bonchev–Trinajstić information content (AvgIpc) is 2.18. The highest BCUT2D eigenvalue weighted by Gasteiger charge is 2.03. The van der Waals surface area contributed by atoms with Crippen LogP contribution in [0.25, 0.3) is 10.9 Å². The summed E-state index contributed by atoms with van der Waals surface area (Å²) in [5.74, 6) is 0.746. The van der Waals surface area contributed by atoms with Crippen LogP contribution in [0.5, 0.6) is 11.6 Å². The fourth-order valence-corrected chi connectivity index (χ4v) is 1.27. The Hall–Kier alpha value is -1.84. The van der Waals surface area contributed by atoms with Crippen molar-refractivity contribution in [2.45, 2.75) is 6.92 Å². The number of benzene rings is 1. The Morgan fingerprint density at radius 2 is 2.21 bits per heavy atom. The number of rotatable bonds is 2. The molecule has 0 saturated carbocycles. The Morgan fingerprint density at radius 3 is 3.00 bits per heavy atom. The van der Waals surface area contributed by atoms with Gasteiger partial charge in [0.1, 0.15) is 12.1 Å². The van der Waals surface area contributed by atoms with Crippen LogP contribution in [0.2, 0.25) is 0 Å². The maximum Gasteiger partial charge on any atom is 0.224 e. The highest BCUT2D eigenvalue weighted by molar-refractivity contribution is 5.84. The van der Waals surface area contributed by atoms with E-state index in [9.17, 15) is 5.11 Å². The quantitative estimate of drug-likeness (QED) is 0.783. The fraction of sp³-hybridized carbons (Fsp3) is 0.200. The minimum Gasteiger partial charge on any atom is -0.508 e. The van der Waals surface area contributed by atoms with Gasteiger partial charge in [0.25, 0.3) is 0 Å². The average molecular weight is 190 g/mol. The summed E-state index contributed by atoms with van der Waals surface area (Å²) in [6, 6.07) is 4.92. The van der Waals surface area contributed by atoms with Crippen LogP contribution in [0, 0.1) is 0 Å². The summed E-state index contributed by atoms with van der Waals surface area (Å²) in [6.07, 6.45) is 1.42. The van der Waals surface area contributed by atoms with E-state index in [-0.39, 0.29) is 5.75 Å². The van der Waals surface area contributed by atoms with Gasteiger partial charge in [0.2, 0.25) is 5.88 Å². The normalized spacial score (nSPS) is 10.4. The minimum atomic E-state index is 0.193. The number of nitrogens with zero attached hydrogens (tertiary/aromatic N) is 2. The van der Waals surface area contributed by atoms with Crippen LogP contribution in [0.4, 0.5) is 0 Å². The van der Waals surface area contributed by atoms with Crippen molar-refractivity contribution in [3.8, 4) is 11.6 Å². The van der Waals surface area contributed by atoms with E-state index in [0.717, 1.165) is 5.39 Å². The molecule has 4 heteroatoms. The predicted molar refractivity (Wildman–Crippen MR) is 52.4 cm³/mol. The second-order valence-electron chi connectivity index (χ2n) is 2.81. The third kappa shape index (κ3) is 1.46. The highest BCUT2D eigenvalue weighted by atomic mass is 16.5. The zero-order chi connectivity index (χ0) is 9.97. The van der Waals surface area contributed by atoms with Crippen LogP contribution < -0.4 is 4.74 Å². The van der Waals surface area contributed by atoms with Crippen molar-refractivity contribution in [2.24, 2.45) is 0 Å². The molecule has 0 spiro atoms. The summed E-state index contributed by atoms with van der Waals surface area (Å²) in [5.41, 5.74) is 0.684. The molecule has 1 aromatic carbocycles. The van der Waals surface area contributed by atoms with E-state index < -0.39 is 0 Å². The fourth-order valence-electron chi connectivity index (χ4n) is 1.27. The minimum absolute atomic E-state index is 0.193. The molecular formula is C10H10N2O2. The van der Waals surface area contributed by atoms with Crippen molar-refractivity contribution in [2.75, 3.05) is 6.61 Å². The van der Waals surface area contributed by atoms with Crippen molar-refractivity contribution in [3.63, 3.8) is 0 Å². The zero-order valence-electron chi connectivity index (χ0n) is 7.77. The summed E-state index contributed by atoms with van der Waals surface area (Å²) >= 11 is 0. The number of aromatic nitrogens is 2. The number of hydrogen-bond donors (Lipinski definition) is 1. The largest absolute Gasteiger partial charge is 0.508 e. The standard InChI is InChI=1S/C10H10N2O2/c1-2-14-10-8-4-3-7(13)5-9(8)11-6-12-10/h3-6,13H,2H2,1H3. The van der Waals surface area contributed by atoms with Gasteiger partial charge in [-0.2, -0.15) is 0 Å². The molecule has 72 valence electrons. The van der Waals surface area contributed by atoms with Gasteiger partial charge in [-0.3, -0.25) is 0 Å². The van der Waals surface area contributed by atoms with Gasteiger partial charge in [0, 0.05) is 6.07 Å². The third-order valence-corrected chi connectivity index (χ3v) is 1.86. The number of ether oxygens (including phenoxy) is 1. The number of hydrogen-bond acceptors (Lipinski definition) is 4. The van der Waals surface area contributed by atoms with Crippen molar-refractivity contribution < 1.29 is 9.84 Å². The molecule has 1 N–H and O–H groups in total. The molecule has 0 radical (unpaired) electrons. The van der Waals surface area contributed by atoms with E-state index in [1.54, 1.807) is 18.2 Å². The molecule has 0 saturated heterocycles. The van der Waals surface area contributed by atoms with E-state index >= 15 is 0 Å². The Balaban J connectivity index is 2.62. The first-order valence-electron chi connectivity index (χ1n) is 4.38. The Kier molecular flexibility index (Phi) is 2.18. The second-order valence-corrected chi connectivity index (χ2v) is 2.81. The van der Waals surface area contributed by atoms with E-state index in [2.05, 4.69) is 9.97 Å². The Labute approximate surface area is 81.2 Å². The molecule has 0 fully saturated rings. The zero-order valence-corrected chi connectivity index (χ0v) is 7.77. The first-order valence-corrected chi connectivity index (χ1v) is 4.38. The van der Waals surface area contributed by atoms with Crippen LogP contribution in [0.3, 0.4) is 0 Å². The van der Waals surface area contributed by atoms with Crippen LogP contribution in [0.1, 0.15) is 6.92 Å². The van der Waals surface area contributed by atoms with Gasteiger partial charge in [0.05, 0.1) is 17.5 Å². The summed E-state index contributed by atoms with van der Waals surface area (Å²) < 4.78 is 5.33. The second kappa shape index (κ2) is 3.49. The topological polar surface area (TPSA) is 55.2 Å². The van der Waals surface area contributed by atoms with Crippen LogP contribution >= 0.6 is 0 Å². The molecule has 0 aliphatic rings. The van der Waals surface area contributed by atoms with Gasteiger partial charge in [-0.25, -0.2) is 9.97 Å². The Bertz CT molecular complexity index is 457. The number of phenolic OH excluding ortho intramolecular Hbond substituents is 1. The summed E-state index contributed by atoms with van der Waals surface area (Å²) in [6.45, 7) is 2.46. The van der Waals surface area contributed by atoms with Crippen molar-refractivity contribution in [3.05, 3.63) is 24.5 Å². The van der Waals surface area contributed by atoms with E-state index in [1.807, 2.05) is 6.92 Å². The lowest BCUT2D eigenvalue weighted by Gasteiger charge is -2.04. The molecule has 4 nitrogen and oxygen atoms in total. The van der Waals surface area contributed by atoms with Crippen LogP contribution in [-0.2, 0) is 0 Å². The number of aromatic hydroxyl groups is 1. The van der Waals surface area contributed by atoms with Gasteiger partial charge >= 0.3 is 0 Å². The molecule has 1 heterocycles. The van der Waals surface area contributed by atoms with Crippen LogP contribution in [0.15, 0.2) is 24.5 Å². The van der Waals surface area contributed by atoms with Crippen molar-refractivity contribution in [1.82, 2.24) is 9.97 Å². The molecule has 0 aliphatic carbocycles. The van der Waals surface area contributed by atoms with E-state index in [4.69, 9.17) is 4.74 Å². The van der Waals surface area contributed by atoms with Gasteiger partial charge in [0.15, 0.2) is 0 Å². The summed E-state index contributed by atoms with van der Waals surface area (Å²) in [7, 11) is 0. The first kappa shape index (κ1) is 8.74. The predicted octanol–water partition coefficient (Wildman–Crippen LogP) is 1.73. The SMILES string of the molecule is CCOc1ncnc2cc(O)ccc12. The summed E-state index contributed by atoms with van der Waals surface area (Å²) in [5, 5.41) is 10.1. The lowest BCUT2D eigenvalue weighted by Crippen LogP contribution is -1.95. The van der Waals surface area contributed by atoms with Gasteiger partial charge in [-0.15, -0.1) is 0 Å². The molecule has 0 bridgehead atoms. The van der Waals surface area contributed by atoms with Crippen molar-refractivity contribution in [1.29, 1.82) is 0 Å². The number of phenols is 1. The summed E-state index contributed by atoms with van der Waals surface area (Å²) in [4.78, 5) is 8.05. The molecular weight excluding hydrogens is 180 g/mol. The van der Waals surface area contributed by atoms with E-state index in [0.29, 0.717) is 18.0 Å². The lowest BCUT2D eigenvalue weighted by molar-refractivity contribution is 0.331. The molecule has 0 unspecified atom stereocenters. The molecule has 1 aromatic heterocycles. The molecule has 0 amide bonds. The molecule has 0 atom stereocenters. The number of fused-ring (bicyclic) bond motifs is 1. The third-order valence-electron chi connectivity index (χ3n) is 1.86. The monoisotopic (exact) mass is 190 g/mol.